The Morgan fingerprint density at radius 2 is 1.76 bits per heavy atom. The normalized spacial score (nSPS) is 13.6. The zero-order chi connectivity index (χ0) is 13.4. The molecule has 17 heavy (non-hydrogen) atoms. The second-order valence-corrected chi connectivity index (χ2v) is 4.12. The summed E-state index contributed by atoms with van der Waals surface area (Å²) < 4.78 is 0. The van der Waals surface area contributed by atoms with E-state index >= 15 is 0 Å². The summed E-state index contributed by atoms with van der Waals surface area (Å²) in [6.07, 6.45) is 1.22. The molecule has 0 heterocycles. The van der Waals surface area contributed by atoms with Crippen LogP contribution in [0, 0.1) is 0 Å². The van der Waals surface area contributed by atoms with Crippen molar-refractivity contribution >= 4 is 17.8 Å². The molecule has 0 saturated carbocycles. The van der Waals surface area contributed by atoms with E-state index in [2.05, 4.69) is 10.6 Å². The van der Waals surface area contributed by atoms with Crippen LogP contribution in [-0.4, -0.2) is 35.0 Å². The first-order chi connectivity index (χ1) is 7.82. The minimum absolute atomic E-state index is 0.0987. The van der Waals surface area contributed by atoms with Crippen molar-refractivity contribution in [1.82, 2.24) is 10.6 Å². The van der Waals surface area contributed by atoms with Gasteiger partial charge < -0.3 is 15.7 Å². The van der Waals surface area contributed by atoms with Crippen molar-refractivity contribution in [3.8, 4) is 0 Å². The highest BCUT2D eigenvalue weighted by molar-refractivity contribution is 5.86. The van der Waals surface area contributed by atoms with Crippen LogP contribution >= 0.6 is 0 Å². The van der Waals surface area contributed by atoms with Gasteiger partial charge in [-0.25, -0.2) is 0 Å². The summed E-state index contributed by atoms with van der Waals surface area (Å²) >= 11 is 0. The van der Waals surface area contributed by atoms with Crippen molar-refractivity contribution in [1.29, 1.82) is 0 Å². The molecule has 0 bridgehead atoms. The first-order valence-electron chi connectivity index (χ1n) is 5.62. The molecule has 0 spiro atoms. The van der Waals surface area contributed by atoms with E-state index in [1.165, 1.54) is 6.92 Å². The number of hydrogen-bond acceptors (Lipinski definition) is 3. The lowest BCUT2D eigenvalue weighted by Gasteiger charge is -2.17. The highest BCUT2D eigenvalue weighted by Gasteiger charge is 2.15. The van der Waals surface area contributed by atoms with Gasteiger partial charge in [0.1, 0.15) is 6.04 Å². The Morgan fingerprint density at radius 1 is 1.18 bits per heavy atom. The first kappa shape index (κ1) is 15.4. The maximum atomic E-state index is 11.5. The Kier molecular flexibility index (Phi) is 6.93. The molecule has 6 heteroatoms. The predicted octanol–water partition coefficient (Wildman–Crippen LogP) is 0.271. The maximum absolute atomic E-state index is 11.5. The second kappa shape index (κ2) is 7.65. The van der Waals surface area contributed by atoms with Crippen LogP contribution in [-0.2, 0) is 14.4 Å². The van der Waals surface area contributed by atoms with Crippen molar-refractivity contribution in [2.24, 2.45) is 0 Å². The number of hydrogen-bond donors (Lipinski definition) is 3. The number of carboxylic acid groups (broad SMARTS) is 1. The van der Waals surface area contributed by atoms with Crippen molar-refractivity contribution < 1.29 is 19.5 Å². The van der Waals surface area contributed by atoms with Crippen LogP contribution in [0.25, 0.3) is 0 Å². The molecule has 3 N–H and O–H groups in total. The summed E-state index contributed by atoms with van der Waals surface area (Å²) in [5.41, 5.74) is 0. The molecule has 98 valence electrons. The van der Waals surface area contributed by atoms with Gasteiger partial charge in [0.25, 0.3) is 0 Å². The zero-order valence-corrected chi connectivity index (χ0v) is 10.4. The lowest BCUT2D eigenvalue weighted by molar-refractivity contribution is -0.137. The molecule has 2 amide bonds. The molecular formula is C11H20N2O4. The Hall–Kier alpha value is -1.59. The molecule has 0 aromatic carbocycles. The Balaban J connectivity index is 3.86. The van der Waals surface area contributed by atoms with E-state index < -0.39 is 12.0 Å². The molecule has 0 aromatic heterocycles. The molecule has 0 aliphatic rings. The van der Waals surface area contributed by atoms with E-state index in [0.717, 1.165) is 0 Å². The molecule has 0 fully saturated rings. The van der Waals surface area contributed by atoms with E-state index in [1.807, 2.05) is 0 Å². The number of carbonyl (C=O) groups is 3. The zero-order valence-electron chi connectivity index (χ0n) is 10.4. The molecule has 2 unspecified atom stereocenters. The molecule has 0 aromatic rings. The van der Waals surface area contributed by atoms with Crippen molar-refractivity contribution in [2.45, 2.75) is 52.1 Å². The summed E-state index contributed by atoms with van der Waals surface area (Å²) in [6, 6.07) is -0.674. The fraction of sp³-hybridized carbons (Fsp3) is 0.727. The minimum atomic E-state index is -0.838. The fourth-order valence-electron chi connectivity index (χ4n) is 1.37. The third-order valence-electron chi connectivity index (χ3n) is 2.23. The van der Waals surface area contributed by atoms with Gasteiger partial charge in [0.2, 0.25) is 11.8 Å². The van der Waals surface area contributed by atoms with E-state index in [0.29, 0.717) is 12.8 Å². The molecule has 2 atom stereocenters. The van der Waals surface area contributed by atoms with E-state index in [1.54, 1.807) is 13.8 Å². The van der Waals surface area contributed by atoms with Crippen LogP contribution in [0.15, 0.2) is 0 Å². The monoisotopic (exact) mass is 244 g/mol. The van der Waals surface area contributed by atoms with Gasteiger partial charge in [0.15, 0.2) is 0 Å². The lowest BCUT2D eigenvalue weighted by Crippen LogP contribution is -2.46. The predicted molar refractivity (Wildman–Crippen MR) is 62.4 cm³/mol. The molecule has 0 aliphatic carbocycles. The highest BCUT2D eigenvalue weighted by Crippen LogP contribution is 2.00. The first-order valence-corrected chi connectivity index (χ1v) is 5.62. The molecule has 0 radical (unpaired) electrons. The van der Waals surface area contributed by atoms with E-state index in [9.17, 15) is 14.4 Å². The van der Waals surface area contributed by atoms with Crippen LogP contribution in [0.3, 0.4) is 0 Å². The third kappa shape index (κ3) is 8.24. The van der Waals surface area contributed by atoms with Crippen LogP contribution in [0.2, 0.25) is 0 Å². The van der Waals surface area contributed by atoms with Gasteiger partial charge in [0.05, 0.1) is 0 Å². The standard InChI is InChI=1S/C11H20N2O4/c1-7(5-4-6-10(15)16)12-11(17)8(2)13-9(3)14/h7-8H,4-6H2,1-3H3,(H,12,17)(H,13,14)(H,15,16). The molecule has 0 saturated heterocycles. The Morgan fingerprint density at radius 3 is 2.24 bits per heavy atom. The van der Waals surface area contributed by atoms with Gasteiger partial charge in [0, 0.05) is 19.4 Å². The topological polar surface area (TPSA) is 95.5 Å². The molecule has 6 nitrogen and oxygen atoms in total. The second-order valence-electron chi connectivity index (χ2n) is 4.12. The summed E-state index contributed by atoms with van der Waals surface area (Å²) in [5.74, 6) is -1.36. The van der Waals surface area contributed by atoms with Crippen LogP contribution in [0.4, 0.5) is 0 Å². The SMILES string of the molecule is CC(=O)NC(C)C(=O)NC(C)CCCC(=O)O. The lowest BCUT2D eigenvalue weighted by atomic mass is 10.1. The molecular weight excluding hydrogens is 224 g/mol. The minimum Gasteiger partial charge on any atom is -0.481 e. The third-order valence-corrected chi connectivity index (χ3v) is 2.23. The van der Waals surface area contributed by atoms with Gasteiger partial charge in [-0.3, -0.25) is 14.4 Å². The number of carbonyl (C=O) groups excluding carboxylic acids is 2. The number of carboxylic acids is 1. The fourth-order valence-corrected chi connectivity index (χ4v) is 1.37. The van der Waals surface area contributed by atoms with Gasteiger partial charge in [-0.1, -0.05) is 0 Å². The number of aliphatic carboxylic acids is 1. The van der Waals surface area contributed by atoms with E-state index in [4.69, 9.17) is 5.11 Å². The number of nitrogens with one attached hydrogen (secondary N) is 2. The van der Waals surface area contributed by atoms with Crippen LogP contribution in [0.5, 0.6) is 0 Å². The summed E-state index contributed by atoms with van der Waals surface area (Å²) in [6.45, 7) is 4.75. The number of rotatable bonds is 7. The van der Waals surface area contributed by atoms with Crippen LogP contribution < -0.4 is 10.6 Å². The quantitative estimate of drug-likeness (QED) is 0.599. The van der Waals surface area contributed by atoms with Crippen molar-refractivity contribution in [3.63, 3.8) is 0 Å². The van der Waals surface area contributed by atoms with Crippen molar-refractivity contribution in [2.75, 3.05) is 0 Å². The summed E-state index contributed by atoms with van der Waals surface area (Å²) in [7, 11) is 0. The molecule has 0 aliphatic heterocycles. The van der Waals surface area contributed by atoms with Crippen LogP contribution in [0.1, 0.15) is 40.0 Å². The van der Waals surface area contributed by atoms with Gasteiger partial charge in [-0.2, -0.15) is 0 Å². The maximum Gasteiger partial charge on any atom is 0.303 e. The van der Waals surface area contributed by atoms with Gasteiger partial charge in [-0.15, -0.1) is 0 Å². The summed E-state index contributed by atoms with van der Waals surface area (Å²) in [4.78, 5) is 32.6. The Bertz CT molecular complexity index is 291. The van der Waals surface area contributed by atoms with Gasteiger partial charge in [-0.05, 0) is 26.7 Å². The smallest absolute Gasteiger partial charge is 0.303 e. The summed E-state index contributed by atoms with van der Waals surface area (Å²) in [5, 5.41) is 13.7. The average molecular weight is 244 g/mol. The highest BCUT2D eigenvalue weighted by atomic mass is 16.4. The van der Waals surface area contributed by atoms with E-state index in [-0.39, 0.29) is 24.3 Å². The van der Waals surface area contributed by atoms with Gasteiger partial charge >= 0.3 is 5.97 Å². The molecule has 0 rings (SSSR count). The number of amides is 2. The van der Waals surface area contributed by atoms with Crippen molar-refractivity contribution in [3.05, 3.63) is 0 Å². The Labute approximate surface area is 101 Å². The largest absolute Gasteiger partial charge is 0.481 e. The average Bonchev–Trinajstić information content (AvgIpc) is 2.15.